The zero-order valence-corrected chi connectivity index (χ0v) is 16.8. The molecule has 0 spiro atoms. The summed E-state index contributed by atoms with van der Waals surface area (Å²) in [6.07, 6.45) is 6.68. The highest BCUT2D eigenvalue weighted by Gasteiger charge is 2.17. The summed E-state index contributed by atoms with van der Waals surface area (Å²) in [4.78, 5) is 45.3. The number of carbonyl (C=O) groups excluding carboxylic acids is 1. The smallest absolute Gasteiger partial charge is 0.332 e. The van der Waals surface area contributed by atoms with Crippen LogP contribution >= 0.6 is 0 Å². The van der Waals surface area contributed by atoms with Gasteiger partial charge in [0.1, 0.15) is 6.54 Å². The lowest BCUT2D eigenvalue weighted by Gasteiger charge is -2.15. The number of amides is 1. The van der Waals surface area contributed by atoms with E-state index in [2.05, 4.69) is 15.3 Å². The van der Waals surface area contributed by atoms with Gasteiger partial charge in [0.25, 0.3) is 5.56 Å². The van der Waals surface area contributed by atoms with Crippen molar-refractivity contribution in [2.24, 2.45) is 14.1 Å². The van der Waals surface area contributed by atoms with Gasteiger partial charge in [0, 0.05) is 32.2 Å². The minimum atomic E-state index is -0.485. The van der Waals surface area contributed by atoms with Crippen LogP contribution in [0.4, 0.5) is 0 Å². The lowest BCUT2D eigenvalue weighted by Crippen LogP contribution is -2.38. The van der Waals surface area contributed by atoms with Crippen molar-refractivity contribution in [3.05, 3.63) is 75.7 Å². The van der Waals surface area contributed by atoms with Crippen LogP contribution in [0.15, 0.2) is 58.9 Å². The summed E-state index contributed by atoms with van der Waals surface area (Å²) in [5.74, 6) is -0.267. The summed E-state index contributed by atoms with van der Waals surface area (Å²) in [5, 5.41) is 2.93. The quantitative estimate of drug-likeness (QED) is 0.518. The van der Waals surface area contributed by atoms with Crippen LogP contribution in [0.1, 0.15) is 18.5 Å². The van der Waals surface area contributed by atoms with Gasteiger partial charge in [-0.2, -0.15) is 0 Å². The van der Waals surface area contributed by atoms with Crippen molar-refractivity contribution in [3.63, 3.8) is 0 Å². The van der Waals surface area contributed by atoms with Crippen molar-refractivity contribution < 1.29 is 4.79 Å². The summed E-state index contributed by atoms with van der Waals surface area (Å²) in [6.45, 7) is 1.81. The van der Waals surface area contributed by atoms with E-state index in [0.717, 1.165) is 15.8 Å². The van der Waals surface area contributed by atoms with E-state index < -0.39 is 11.2 Å². The predicted octanol–water partition coefficient (Wildman–Crippen LogP) is 0.497. The van der Waals surface area contributed by atoms with Crippen LogP contribution in [0, 0.1) is 0 Å². The molecule has 0 fully saturated rings. The molecule has 0 bridgehead atoms. The van der Waals surface area contributed by atoms with Crippen molar-refractivity contribution in [2.75, 3.05) is 0 Å². The Morgan fingerprint density at radius 2 is 1.83 bits per heavy atom. The number of fused-ring (bicyclic) bond motifs is 1. The maximum Gasteiger partial charge on any atom is 0.332 e. The second-order valence-corrected chi connectivity index (χ2v) is 7.10. The highest BCUT2D eigenvalue weighted by molar-refractivity contribution is 5.79. The molecule has 0 aliphatic carbocycles. The van der Waals surface area contributed by atoms with Crippen LogP contribution in [0.2, 0.25) is 0 Å². The Balaban J connectivity index is 1.51. The van der Waals surface area contributed by atoms with Crippen LogP contribution in [0.25, 0.3) is 16.9 Å². The lowest BCUT2D eigenvalue weighted by molar-refractivity contribution is -0.122. The molecule has 0 aliphatic rings. The fourth-order valence-electron chi connectivity index (χ4n) is 3.39. The Morgan fingerprint density at radius 1 is 1.10 bits per heavy atom. The highest BCUT2D eigenvalue weighted by atomic mass is 16.2. The number of imidazole rings is 2. The van der Waals surface area contributed by atoms with Crippen LogP contribution in [-0.2, 0) is 25.4 Å². The normalized spacial score (nSPS) is 12.2. The van der Waals surface area contributed by atoms with Crippen molar-refractivity contribution in [1.82, 2.24) is 33.6 Å². The fraction of sp³-hybridized carbons (Fsp3) is 0.250. The third-order valence-corrected chi connectivity index (χ3v) is 5.10. The molecule has 4 rings (SSSR count). The molecule has 0 saturated carbocycles. The van der Waals surface area contributed by atoms with E-state index in [9.17, 15) is 14.4 Å². The molecule has 0 aliphatic heterocycles. The maximum absolute atomic E-state index is 12.6. The molecule has 154 valence electrons. The molecule has 0 unspecified atom stereocenters. The summed E-state index contributed by atoms with van der Waals surface area (Å²) < 4.78 is 5.64. The predicted molar refractivity (Wildman–Crippen MR) is 110 cm³/mol. The van der Waals surface area contributed by atoms with Gasteiger partial charge in [0.15, 0.2) is 11.2 Å². The van der Waals surface area contributed by atoms with E-state index in [0.29, 0.717) is 0 Å². The van der Waals surface area contributed by atoms with Gasteiger partial charge < -0.3 is 14.5 Å². The summed E-state index contributed by atoms with van der Waals surface area (Å²) in [7, 11) is 2.94. The zero-order chi connectivity index (χ0) is 21.4. The number of nitrogens with zero attached hydrogens (tertiary/aromatic N) is 6. The van der Waals surface area contributed by atoms with Gasteiger partial charge in [-0.1, -0.05) is 12.1 Å². The lowest BCUT2D eigenvalue weighted by atomic mass is 10.1. The molecule has 3 aromatic heterocycles. The molecule has 1 aromatic carbocycles. The van der Waals surface area contributed by atoms with Gasteiger partial charge in [0.05, 0.1) is 18.7 Å². The summed E-state index contributed by atoms with van der Waals surface area (Å²) in [6, 6.07) is 7.56. The number of nitrogens with one attached hydrogen (secondary N) is 1. The number of benzene rings is 1. The monoisotopic (exact) mass is 407 g/mol. The van der Waals surface area contributed by atoms with Crippen molar-refractivity contribution in [1.29, 1.82) is 0 Å². The first kappa shape index (κ1) is 19.4. The van der Waals surface area contributed by atoms with Crippen molar-refractivity contribution >= 4 is 17.1 Å². The first-order valence-corrected chi connectivity index (χ1v) is 9.35. The van der Waals surface area contributed by atoms with Gasteiger partial charge in [-0.15, -0.1) is 0 Å². The maximum atomic E-state index is 12.6. The molecule has 0 radical (unpaired) electrons. The van der Waals surface area contributed by atoms with E-state index in [1.54, 1.807) is 12.5 Å². The molecule has 3 heterocycles. The fourth-order valence-corrected chi connectivity index (χ4v) is 3.39. The van der Waals surface area contributed by atoms with Crippen LogP contribution in [0.5, 0.6) is 0 Å². The van der Waals surface area contributed by atoms with Gasteiger partial charge >= 0.3 is 5.69 Å². The number of rotatable bonds is 5. The van der Waals surface area contributed by atoms with E-state index in [-0.39, 0.29) is 29.7 Å². The van der Waals surface area contributed by atoms with Crippen molar-refractivity contribution in [3.8, 4) is 5.69 Å². The minimum Gasteiger partial charge on any atom is -0.348 e. The van der Waals surface area contributed by atoms with E-state index in [1.807, 2.05) is 42.0 Å². The van der Waals surface area contributed by atoms with Crippen molar-refractivity contribution in [2.45, 2.75) is 19.5 Å². The Hall–Kier alpha value is -3.95. The van der Waals surface area contributed by atoms with E-state index >= 15 is 0 Å². The minimum absolute atomic E-state index is 0.0819. The molecule has 1 N–H and O–H groups in total. The molecular weight excluding hydrogens is 386 g/mol. The van der Waals surface area contributed by atoms with Gasteiger partial charge in [0.2, 0.25) is 5.91 Å². The largest absolute Gasteiger partial charge is 0.348 e. The Morgan fingerprint density at radius 3 is 2.50 bits per heavy atom. The van der Waals surface area contributed by atoms with Gasteiger partial charge in [-0.3, -0.25) is 18.7 Å². The van der Waals surface area contributed by atoms with E-state index in [1.165, 1.54) is 29.6 Å². The molecule has 1 atom stereocenters. The molecule has 4 aromatic rings. The molecular formula is C20H21N7O3. The molecule has 10 nitrogen and oxygen atoms in total. The second-order valence-electron chi connectivity index (χ2n) is 7.10. The molecule has 10 heteroatoms. The number of hydrogen-bond donors (Lipinski definition) is 1. The van der Waals surface area contributed by atoms with Crippen LogP contribution in [-0.4, -0.2) is 34.1 Å². The molecule has 0 saturated heterocycles. The van der Waals surface area contributed by atoms with Crippen LogP contribution < -0.4 is 16.6 Å². The Labute approximate surface area is 171 Å². The number of hydrogen-bond acceptors (Lipinski definition) is 5. The number of aromatic nitrogens is 6. The van der Waals surface area contributed by atoms with Gasteiger partial charge in [-0.05, 0) is 24.6 Å². The number of carbonyl (C=O) groups is 1. The topological polar surface area (TPSA) is 109 Å². The Bertz CT molecular complexity index is 1330. The third kappa shape index (κ3) is 3.32. The molecule has 1 amide bonds. The third-order valence-electron chi connectivity index (χ3n) is 5.10. The molecule has 30 heavy (non-hydrogen) atoms. The second kappa shape index (κ2) is 7.47. The summed E-state index contributed by atoms with van der Waals surface area (Å²) in [5.41, 5.74) is 1.43. The number of aryl methyl sites for hydroxylation is 1. The first-order valence-electron chi connectivity index (χ1n) is 9.35. The SMILES string of the molecule is C[C@@H](NC(=O)Cn1cnc2c1c(=O)n(C)c(=O)n2C)c1ccc(-n2ccnc2)cc1. The highest BCUT2D eigenvalue weighted by Crippen LogP contribution is 2.16. The van der Waals surface area contributed by atoms with E-state index in [4.69, 9.17) is 0 Å². The average molecular weight is 407 g/mol. The van der Waals surface area contributed by atoms with Crippen LogP contribution in [0.3, 0.4) is 0 Å². The zero-order valence-electron chi connectivity index (χ0n) is 16.8. The standard InChI is InChI=1S/C20H21N7O3/c1-13(14-4-6-15(7-5-14)26-9-8-21-11-26)23-16(28)10-27-12-22-18-17(27)19(29)25(3)20(30)24(18)2/h4-9,11-13H,10H2,1-3H3,(H,23,28)/t13-/m1/s1. The summed E-state index contributed by atoms with van der Waals surface area (Å²) >= 11 is 0. The first-order chi connectivity index (χ1) is 14.4. The van der Waals surface area contributed by atoms with Gasteiger partial charge in [-0.25, -0.2) is 14.8 Å². The average Bonchev–Trinajstić information content (AvgIpc) is 3.41. The Kier molecular flexibility index (Phi) is 4.82.